The normalized spacial score (nSPS) is 7.60. The van der Waals surface area contributed by atoms with Gasteiger partial charge in [0.2, 0.25) is 0 Å². The van der Waals surface area contributed by atoms with Crippen LogP contribution in [0, 0.1) is 0 Å². The zero-order chi connectivity index (χ0) is 4.28. The van der Waals surface area contributed by atoms with E-state index in [0.717, 1.165) is 0 Å². The first-order valence-corrected chi connectivity index (χ1v) is 3.89. The van der Waals surface area contributed by atoms with Gasteiger partial charge in [-0.2, -0.15) is 0 Å². The molecule has 0 saturated carbocycles. The van der Waals surface area contributed by atoms with Crippen molar-refractivity contribution in [1.82, 2.24) is 0 Å². The van der Waals surface area contributed by atoms with E-state index in [1.807, 2.05) is 5.82 Å². The van der Waals surface area contributed by atoms with Crippen LogP contribution in [0.4, 0.5) is 0 Å². The van der Waals surface area contributed by atoms with Gasteiger partial charge in [0.05, 0.1) is 0 Å². The molecule has 0 radical (unpaired) electrons. The van der Waals surface area contributed by atoms with Crippen LogP contribution in [-0.4, -0.2) is 19.6 Å². The summed E-state index contributed by atoms with van der Waals surface area (Å²) < 4.78 is 0.317. The number of hydrogen-bond acceptors (Lipinski definition) is 1. The Bertz CT molecular complexity index is 42.2. The summed E-state index contributed by atoms with van der Waals surface area (Å²) in [5.74, 6) is 1.91. The van der Waals surface area contributed by atoms with E-state index in [0.29, 0.717) is 4.68 Å². The fourth-order valence-corrected chi connectivity index (χ4v) is 0. The van der Waals surface area contributed by atoms with Gasteiger partial charge in [-0.05, 0) is 0 Å². The second-order valence-electron chi connectivity index (χ2n) is 0.696. The van der Waals surface area contributed by atoms with Crippen LogP contribution in [0.1, 0.15) is 6.92 Å². The van der Waals surface area contributed by atoms with Crippen molar-refractivity contribution >= 4 is 19.6 Å². The minimum absolute atomic E-state index is 0.236. The molecule has 2 heteroatoms. The topological polar surface area (TPSA) is 17.1 Å². The quantitative estimate of drug-likeness (QED) is 0.474. The van der Waals surface area contributed by atoms with Gasteiger partial charge in [-0.25, -0.2) is 0 Å². The van der Waals surface area contributed by atoms with Crippen molar-refractivity contribution < 1.29 is 4.79 Å². The number of carbonyl (C=O) groups excluding carboxylic acids is 1. The van der Waals surface area contributed by atoms with E-state index in [4.69, 9.17) is 0 Å². The van der Waals surface area contributed by atoms with E-state index in [2.05, 4.69) is 0 Å². The third kappa shape index (κ3) is 4.19. The van der Waals surface area contributed by atoms with Crippen molar-refractivity contribution in [2.24, 2.45) is 0 Å². The number of rotatable bonds is 1. The molecule has 5 heavy (non-hydrogen) atoms. The van der Waals surface area contributed by atoms with Crippen LogP contribution in [-0.2, 0) is 4.79 Å². The van der Waals surface area contributed by atoms with Crippen molar-refractivity contribution in [2.75, 3.05) is 0 Å². The second kappa shape index (κ2) is 2.43. The summed E-state index contributed by atoms with van der Waals surface area (Å²) in [6, 6.07) is 0. The van der Waals surface area contributed by atoms with Crippen LogP contribution < -0.4 is 0 Å². The maximum absolute atomic E-state index is 9.84. The van der Waals surface area contributed by atoms with Crippen LogP contribution in [0.3, 0.4) is 0 Å². The zero-order valence-electron chi connectivity index (χ0n) is 3.32. The summed E-state index contributed by atoms with van der Waals surface area (Å²) in [6.45, 7) is 1.61. The van der Waals surface area contributed by atoms with Gasteiger partial charge in [0.15, 0.2) is 0 Å². The molecule has 0 fully saturated rings. The van der Waals surface area contributed by atoms with Gasteiger partial charge in [0.25, 0.3) is 0 Å². The van der Waals surface area contributed by atoms with Crippen molar-refractivity contribution in [3.8, 4) is 0 Å². The van der Waals surface area contributed by atoms with Crippen molar-refractivity contribution in [1.29, 1.82) is 0 Å². The Balaban J connectivity index is 2.85. The van der Waals surface area contributed by atoms with Crippen LogP contribution in [0.25, 0.3) is 0 Å². The van der Waals surface area contributed by atoms with E-state index >= 15 is 0 Å². The van der Waals surface area contributed by atoms with Crippen LogP contribution in [0.2, 0.25) is 5.82 Å². The first-order valence-electron chi connectivity index (χ1n) is 1.32. The molecule has 0 heterocycles. The fraction of sp³-hybridized carbons (Fsp3) is 0.667. The molecule has 30 valence electrons. The van der Waals surface area contributed by atoms with Gasteiger partial charge >= 0.3 is 37.2 Å². The monoisotopic (exact) mass is 138 g/mol. The molecular weight excluding hydrogens is 131 g/mol. The zero-order valence-corrected chi connectivity index (χ0v) is 5.03. The molecular formula is C3H6OSe. The summed E-state index contributed by atoms with van der Waals surface area (Å²) >= 11 is 0.236. The van der Waals surface area contributed by atoms with Gasteiger partial charge in [0, 0.05) is 0 Å². The van der Waals surface area contributed by atoms with E-state index in [1.165, 1.54) is 0 Å². The molecule has 0 atom stereocenters. The molecule has 0 spiro atoms. The average Bonchev–Trinajstić information content (AvgIpc) is 1.38. The summed E-state index contributed by atoms with van der Waals surface area (Å²) in [6.07, 6.45) is 0. The Morgan fingerprint density at radius 2 is 2.00 bits per heavy atom. The van der Waals surface area contributed by atoms with Crippen LogP contribution in [0.15, 0.2) is 0 Å². The van der Waals surface area contributed by atoms with Crippen molar-refractivity contribution in [2.45, 2.75) is 12.7 Å². The molecule has 0 aliphatic rings. The molecule has 0 aromatic rings. The van der Waals surface area contributed by atoms with Crippen LogP contribution >= 0.6 is 0 Å². The van der Waals surface area contributed by atoms with E-state index in [1.54, 1.807) is 6.92 Å². The molecule has 0 saturated heterocycles. The van der Waals surface area contributed by atoms with E-state index in [9.17, 15) is 4.79 Å². The van der Waals surface area contributed by atoms with E-state index in [-0.39, 0.29) is 15.0 Å². The van der Waals surface area contributed by atoms with Gasteiger partial charge in [-0.3, -0.25) is 0 Å². The predicted molar refractivity (Wildman–Crippen MR) is 22.3 cm³/mol. The second-order valence-corrected chi connectivity index (χ2v) is 2.76. The first-order chi connectivity index (χ1) is 2.27. The molecule has 0 aliphatic carbocycles. The molecule has 0 N–H and O–H groups in total. The first kappa shape index (κ1) is 5.19. The Hall–Kier alpha value is 0.189. The molecule has 0 bridgehead atoms. The molecule has 0 aliphatic heterocycles. The fourth-order valence-electron chi connectivity index (χ4n) is 0. The summed E-state index contributed by atoms with van der Waals surface area (Å²) in [5.41, 5.74) is 0. The van der Waals surface area contributed by atoms with Crippen LogP contribution in [0.5, 0.6) is 0 Å². The third-order valence-corrected chi connectivity index (χ3v) is 1.49. The Kier molecular flexibility index (Phi) is 2.52. The van der Waals surface area contributed by atoms with Crippen molar-refractivity contribution in [3.63, 3.8) is 0 Å². The maximum atomic E-state index is 9.84. The van der Waals surface area contributed by atoms with Gasteiger partial charge < -0.3 is 0 Å². The van der Waals surface area contributed by atoms with Crippen molar-refractivity contribution in [3.05, 3.63) is 0 Å². The molecule has 0 rings (SSSR count). The Morgan fingerprint density at radius 3 is 2.00 bits per heavy atom. The number of hydrogen-bond donors (Lipinski definition) is 0. The average molecular weight is 137 g/mol. The standard InChI is InChI=1S/C3H6OSe/c1-3(4)5-2/h1-2H3. The molecule has 0 amide bonds. The summed E-state index contributed by atoms with van der Waals surface area (Å²) in [4.78, 5) is 9.84. The Morgan fingerprint density at radius 1 is 1.80 bits per heavy atom. The predicted octanol–water partition coefficient (Wildman–Crippen LogP) is 0.285. The summed E-state index contributed by atoms with van der Waals surface area (Å²) in [7, 11) is 0. The summed E-state index contributed by atoms with van der Waals surface area (Å²) in [5, 5.41) is 0. The molecule has 0 unspecified atom stereocenters. The Labute approximate surface area is 37.9 Å². The third-order valence-electron chi connectivity index (χ3n) is 0.287. The van der Waals surface area contributed by atoms with Gasteiger partial charge in [-0.1, -0.05) is 0 Å². The molecule has 0 aromatic heterocycles. The number of carbonyl (C=O) groups is 1. The minimum atomic E-state index is 0.236. The SMILES string of the molecule is C[Se]C(C)=O. The van der Waals surface area contributed by atoms with Gasteiger partial charge in [-0.15, -0.1) is 0 Å². The molecule has 1 nitrogen and oxygen atoms in total. The van der Waals surface area contributed by atoms with Gasteiger partial charge in [0.1, 0.15) is 0 Å². The molecule has 0 aromatic carbocycles. The van der Waals surface area contributed by atoms with E-state index < -0.39 is 0 Å².